The Bertz CT molecular complexity index is 1490. The molecule has 2 aromatic heterocycles. The number of aromatic nitrogens is 1. The van der Waals surface area contributed by atoms with Crippen LogP contribution in [0, 0.1) is 13.8 Å². The van der Waals surface area contributed by atoms with Crippen molar-refractivity contribution >= 4 is 38.6 Å². The fraction of sp³-hybridized carbons (Fsp3) is 0.160. The molecule has 8 heteroatoms. The van der Waals surface area contributed by atoms with E-state index in [0.717, 1.165) is 11.1 Å². The van der Waals surface area contributed by atoms with Crippen molar-refractivity contribution in [1.29, 1.82) is 0 Å². The Morgan fingerprint density at radius 3 is 2.55 bits per heavy atom. The van der Waals surface area contributed by atoms with Gasteiger partial charge in [0, 0.05) is 6.20 Å². The maximum Gasteiger partial charge on any atom is 0.296 e. The molecule has 0 radical (unpaired) electrons. The van der Waals surface area contributed by atoms with Crippen LogP contribution in [0.2, 0.25) is 0 Å². The molecule has 0 bridgehead atoms. The second-order valence-electron chi connectivity index (χ2n) is 8.00. The summed E-state index contributed by atoms with van der Waals surface area (Å²) in [4.78, 5) is 33.2. The lowest BCUT2D eigenvalue weighted by Crippen LogP contribution is -2.30. The molecule has 5 rings (SSSR count). The highest BCUT2D eigenvalue weighted by molar-refractivity contribution is 9.10. The molecule has 1 N–H and O–H groups in total. The van der Waals surface area contributed by atoms with Gasteiger partial charge in [0.25, 0.3) is 5.91 Å². The van der Waals surface area contributed by atoms with Crippen LogP contribution in [0.1, 0.15) is 38.9 Å². The molecule has 0 spiro atoms. The number of phenols is 1. The lowest BCUT2D eigenvalue weighted by molar-refractivity contribution is 0.0970. The SMILES string of the molecule is COc1cc(C2c3c(oc4ccc(C)cc4c3=O)C(=O)N2c2ccc(C)cn2)cc(Br)c1O. The number of pyridine rings is 1. The van der Waals surface area contributed by atoms with Crippen LogP contribution in [0.5, 0.6) is 11.5 Å². The molecule has 33 heavy (non-hydrogen) atoms. The number of benzene rings is 2. The predicted molar refractivity (Wildman–Crippen MR) is 127 cm³/mol. The summed E-state index contributed by atoms with van der Waals surface area (Å²) in [6.45, 7) is 3.79. The van der Waals surface area contributed by atoms with E-state index in [9.17, 15) is 14.7 Å². The monoisotopic (exact) mass is 506 g/mol. The van der Waals surface area contributed by atoms with Gasteiger partial charge in [0.1, 0.15) is 11.4 Å². The first-order valence-electron chi connectivity index (χ1n) is 10.2. The number of hydrogen-bond acceptors (Lipinski definition) is 6. The van der Waals surface area contributed by atoms with Crippen molar-refractivity contribution in [3.8, 4) is 11.5 Å². The van der Waals surface area contributed by atoms with Gasteiger partial charge in [-0.1, -0.05) is 17.7 Å². The van der Waals surface area contributed by atoms with Crippen molar-refractivity contribution in [2.24, 2.45) is 0 Å². The fourth-order valence-corrected chi connectivity index (χ4v) is 4.61. The second kappa shape index (κ2) is 7.74. The predicted octanol–water partition coefficient (Wildman–Crippen LogP) is 5.03. The molecule has 3 heterocycles. The van der Waals surface area contributed by atoms with Crippen molar-refractivity contribution < 1.29 is 19.1 Å². The molecule has 7 nitrogen and oxygen atoms in total. The minimum atomic E-state index is -0.824. The molecule has 0 saturated carbocycles. The Labute approximate surface area is 197 Å². The Morgan fingerprint density at radius 1 is 1.09 bits per heavy atom. The standard InChI is InChI=1S/C25H19BrN2O5/c1-12-4-6-17-15(8-12)22(29)20-21(14-9-16(26)23(30)18(10-14)32-3)28(25(31)24(20)33-17)19-7-5-13(2)11-27-19/h4-11,21,30H,1-3H3. The molecule has 1 amide bonds. The Morgan fingerprint density at radius 2 is 1.85 bits per heavy atom. The zero-order chi connectivity index (χ0) is 23.4. The van der Waals surface area contributed by atoms with E-state index < -0.39 is 11.9 Å². The van der Waals surface area contributed by atoms with Gasteiger partial charge in [-0.15, -0.1) is 0 Å². The first-order chi connectivity index (χ1) is 15.8. The summed E-state index contributed by atoms with van der Waals surface area (Å²) < 4.78 is 11.7. The number of ether oxygens (including phenoxy) is 1. The Hall–Kier alpha value is -3.65. The number of aryl methyl sites for hydroxylation is 2. The number of phenolic OH excluding ortho intramolecular Hbond substituents is 1. The quantitative estimate of drug-likeness (QED) is 0.418. The average molecular weight is 507 g/mol. The molecule has 2 aromatic carbocycles. The smallest absolute Gasteiger partial charge is 0.296 e. The molecule has 166 valence electrons. The van der Waals surface area contributed by atoms with Crippen molar-refractivity contribution in [1.82, 2.24) is 4.98 Å². The van der Waals surface area contributed by atoms with Crippen LogP contribution in [0.25, 0.3) is 11.0 Å². The van der Waals surface area contributed by atoms with E-state index in [-0.39, 0.29) is 28.3 Å². The molecule has 0 aliphatic carbocycles. The first-order valence-corrected chi connectivity index (χ1v) is 11.0. The van der Waals surface area contributed by atoms with E-state index in [0.29, 0.717) is 26.8 Å². The van der Waals surface area contributed by atoms with E-state index in [1.165, 1.54) is 12.0 Å². The van der Waals surface area contributed by atoms with E-state index in [1.807, 2.05) is 26.0 Å². The van der Waals surface area contributed by atoms with Gasteiger partial charge >= 0.3 is 0 Å². The highest BCUT2D eigenvalue weighted by atomic mass is 79.9. The van der Waals surface area contributed by atoms with E-state index in [1.54, 1.807) is 36.5 Å². The van der Waals surface area contributed by atoms with Gasteiger partial charge in [-0.2, -0.15) is 0 Å². The molecule has 0 saturated heterocycles. The lowest BCUT2D eigenvalue weighted by Gasteiger charge is -2.25. The van der Waals surface area contributed by atoms with Crippen LogP contribution in [0.4, 0.5) is 5.82 Å². The summed E-state index contributed by atoms with van der Waals surface area (Å²) in [6, 6.07) is 11.3. The molecular formula is C25H19BrN2O5. The van der Waals surface area contributed by atoms with Gasteiger partial charge in [-0.05, 0) is 71.2 Å². The number of amides is 1. The number of hydrogen-bond donors (Lipinski definition) is 1. The van der Waals surface area contributed by atoms with Crippen molar-refractivity contribution in [2.75, 3.05) is 12.0 Å². The van der Waals surface area contributed by atoms with Crippen molar-refractivity contribution in [3.05, 3.63) is 91.4 Å². The summed E-state index contributed by atoms with van der Waals surface area (Å²) in [5.74, 6) is 0.0240. The topological polar surface area (TPSA) is 92.9 Å². The molecule has 4 aromatic rings. The number of fused-ring (bicyclic) bond motifs is 2. The van der Waals surface area contributed by atoms with Crippen LogP contribution < -0.4 is 15.1 Å². The number of nitrogens with zero attached hydrogens (tertiary/aromatic N) is 2. The molecular weight excluding hydrogens is 488 g/mol. The number of methoxy groups -OCH3 is 1. The number of anilines is 1. The summed E-state index contributed by atoms with van der Waals surface area (Å²) >= 11 is 3.34. The van der Waals surface area contributed by atoms with Crippen molar-refractivity contribution in [2.45, 2.75) is 19.9 Å². The average Bonchev–Trinajstić information content (AvgIpc) is 3.09. The minimum Gasteiger partial charge on any atom is -0.503 e. The molecule has 1 aliphatic heterocycles. The third-order valence-electron chi connectivity index (χ3n) is 5.75. The Balaban J connectivity index is 1.84. The van der Waals surface area contributed by atoms with Crippen LogP contribution in [0.3, 0.4) is 0 Å². The Kier molecular flexibility index (Phi) is 4.97. The molecule has 1 atom stereocenters. The number of rotatable bonds is 3. The second-order valence-corrected chi connectivity index (χ2v) is 8.85. The summed E-state index contributed by atoms with van der Waals surface area (Å²) in [5.41, 5.74) is 2.68. The van der Waals surface area contributed by atoms with Gasteiger partial charge in [0.05, 0.1) is 28.6 Å². The third-order valence-corrected chi connectivity index (χ3v) is 6.36. The van der Waals surface area contributed by atoms with Gasteiger partial charge < -0.3 is 14.3 Å². The van der Waals surface area contributed by atoms with Crippen LogP contribution in [-0.4, -0.2) is 23.1 Å². The lowest BCUT2D eigenvalue weighted by atomic mass is 9.97. The molecule has 1 aliphatic rings. The normalized spacial score (nSPS) is 15.2. The molecule has 0 fully saturated rings. The number of carbonyl (C=O) groups is 1. The highest BCUT2D eigenvalue weighted by Gasteiger charge is 2.44. The highest BCUT2D eigenvalue weighted by Crippen LogP contribution is 2.44. The van der Waals surface area contributed by atoms with E-state index >= 15 is 0 Å². The molecule has 1 unspecified atom stereocenters. The summed E-state index contributed by atoms with van der Waals surface area (Å²) in [5, 5.41) is 10.7. The maximum absolute atomic E-state index is 13.7. The van der Waals surface area contributed by atoms with Crippen molar-refractivity contribution in [3.63, 3.8) is 0 Å². The van der Waals surface area contributed by atoms with Gasteiger partial charge in [-0.3, -0.25) is 14.5 Å². The number of carbonyl (C=O) groups excluding carboxylic acids is 1. The third kappa shape index (κ3) is 3.29. The van der Waals surface area contributed by atoms with Gasteiger partial charge in [0.2, 0.25) is 5.76 Å². The number of aromatic hydroxyl groups is 1. The van der Waals surface area contributed by atoms with E-state index in [4.69, 9.17) is 9.15 Å². The van der Waals surface area contributed by atoms with Gasteiger partial charge in [0.15, 0.2) is 16.9 Å². The first kappa shape index (κ1) is 21.2. The van der Waals surface area contributed by atoms with Crippen LogP contribution in [-0.2, 0) is 0 Å². The fourth-order valence-electron chi connectivity index (χ4n) is 4.15. The summed E-state index contributed by atoms with van der Waals surface area (Å²) in [6.07, 6.45) is 1.66. The largest absolute Gasteiger partial charge is 0.503 e. The zero-order valence-electron chi connectivity index (χ0n) is 18.0. The minimum absolute atomic E-state index is 0.0214. The van der Waals surface area contributed by atoms with Crippen LogP contribution in [0.15, 0.2) is 62.3 Å². The summed E-state index contributed by atoms with van der Waals surface area (Å²) in [7, 11) is 1.43. The van der Waals surface area contributed by atoms with Crippen LogP contribution >= 0.6 is 15.9 Å². The zero-order valence-corrected chi connectivity index (χ0v) is 19.6. The maximum atomic E-state index is 13.7. The van der Waals surface area contributed by atoms with E-state index in [2.05, 4.69) is 20.9 Å². The number of halogens is 1. The van der Waals surface area contributed by atoms with Gasteiger partial charge in [-0.25, -0.2) is 4.98 Å².